The fourth-order valence-electron chi connectivity index (χ4n) is 1.73. The van der Waals surface area contributed by atoms with Crippen LogP contribution in [0.4, 0.5) is 0 Å². The average Bonchev–Trinajstić information content (AvgIpc) is 2.89. The maximum Gasteiger partial charge on any atom is 0.237 e. The summed E-state index contributed by atoms with van der Waals surface area (Å²) in [6.45, 7) is 2.13. The van der Waals surface area contributed by atoms with Gasteiger partial charge < -0.3 is 4.74 Å². The summed E-state index contributed by atoms with van der Waals surface area (Å²) in [7, 11) is 1.58. The Morgan fingerprint density at radius 2 is 2.17 bits per heavy atom. The maximum atomic E-state index is 5.64. The summed E-state index contributed by atoms with van der Waals surface area (Å²) >= 11 is 1.71. The highest BCUT2D eigenvalue weighted by molar-refractivity contribution is 7.12. The summed E-state index contributed by atoms with van der Waals surface area (Å²) in [4.78, 5) is 10.9. The quantitative estimate of drug-likeness (QED) is 0.634. The molecule has 2 aromatic rings. The molecule has 0 spiro atoms. The topological polar surface area (TPSA) is 73.1 Å². The first-order valence-electron chi connectivity index (χ1n) is 5.69. The zero-order chi connectivity index (χ0) is 13.0. The number of nitrogens with one attached hydrogen (secondary N) is 1. The molecule has 6 heteroatoms. The summed E-state index contributed by atoms with van der Waals surface area (Å²) in [5, 5.41) is 0. The smallest absolute Gasteiger partial charge is 0.237 e. The van der Waals surface area contributed by atoms with Gasteiger partial charge >= 0.3 is 0 Å². The molecule has 0 radical (unpaired) electrons. The molecule has 0 aliphatic rings. The minimum absolute atomic E-state index is 0.195. The highest BCUT2D eigenvalue weighted by Gasteiger charge is 2.20. The van der Waals surface area contributed by atoms with Gasteiger partial charge in [0.2, 0.25) is 5.88 Å². The highest BCUT2D eigenvalue weighted by Crippen LogP contribution is 2.30. The molecule has 5 nitrogen and oxygen atoms in total. The summed E-state index contributed by atoms with van der Waals surface area (Å²) in [5.74, 6) is 6.14. The van der Waals surface area contributed by atoms with E-state index in [1.807, 2.05) is 0 Å². The summed E-state index contributed by atoms with van der Waals surface area (Å²) < 4.78 is 5.22. The maximum absolute atomic E-state index is 5.64. The van der Waals surface area contributed by atoms with Gasteiger partial charge in [-0.25, -0.2) is 10.4 Å². The van der Waals surface area contributed by atoms with Crippen molar-refractivity contribution in [1.29, 1.82) is 0 Å². The largest absolute Gasteiger partial charge is 0.480 e. The van der Waals surface area contributed by atoms with Crippen LogP contribution in [0.5, 0.6) is 5.88 Å². The average molecular weight is 264 g/mol. The Kier molecular flexibility index (Phi) is 4.24. The molecule has 0 aliphatic heterocycles. The predicted molar refractivity (Wildman–Crippen MR) is 71.4 cm³/mol. The predicted octanol–water partition coefficient (Wildman–Crippen LogP) is 1.66. The Bertz CT molecular complexity index is 514. The second-order valence-corrected chi connectivity index (χ2v) is 4.91. The zero-order valence-corrected chi connectivity index (χ0v) is 11.2. The zero-order valence-electron chi connectivity index (χ0n) is 10.4. The van der Waals surface area contributed by atoms with Crippen molar-refractivity contribution in [1.82, 2.24) is 15.4 Å². The molecule has 0 aromatic carbocycles. The SMILES string of the molecule is CCc1ccc(C(NN)c2nccnc2OC)s1. The molecule has 0 saturated heterocycles. The lowest BCUT2D eigenvalue weighted by Crippen LogP contribution is -2.29. The number of ether oxygens (including phenoxy) is 1. The van der Waals surface area contributed by atoms with Gasteiger partial charge in [-0.05, 0) is 18.6 Å². The van der Waals surface area contributed by atoms with Crippen LogP contribution in [-0.4, -0.2) is 17.1 Å². The van der Waals surface area contributed by atoms with E-state index in [0.29, 0.717) is 11.6 Å². The van der Waals surface area contributed by atoms with E-state index >= 15 is 0 Å². The van der Waals surface area contributed by atoms with E-state index in [2.05, 4.69) is 34.5 Å². The van der Waals surface area contributed by atoms with E-state index in [4.69, 9.17) is 10.6 Å². The van der Waals surface area contributed by atoms with Crippen molar-refractivity contribution < 1.29 is 4.74 Å². The van der Waals surface area contributed by atoms with Gasteiger partial charge in [0, 0.05) is 22.1 Å². The minimum atomic E-state index is -0.195. The normalized spacial score (nSPS) is 12.4. The second-order valence-electron chi connectivity index (χ2n) is 3.71. The van der Waals surface area contributed by atoms with Crippen molar-refractivity contribution in [3.63, 3.8) is 0 Å². The van der Waals surface area contributed by atoms with Crippen molar-refractivity contribution >= 4 is 11.3 Å². The van der Waals surface area contributed by atoms with Crippen LogP contribution < -0.4 is 16.0 Å². The van der Waals surface area contributed by atoms with E-state index in [-0.39, 0.29) is 6.04 Å². The van der Waals surface area contributed by atoms with Crippen LogP contribution in [-0.2, 0) is 6.42 Å². The van der Waals surface area contributed by atoms with Gasteiger partial charge in [-0.3, -0.25) is 10.8 Å². The number of rotatable bonds is 5. The van der Waals surface area contributed by atoms with Crippen molar-refractivity contribution in [2.75, 3.05) is 7.11 Å². The Hall–Kier alpha value is -1.50. The van der Waals surface area contributed by atoms with Crippen molar-refractivity contribution in [2.24, 2.45) is 5.84 Å². The summed E-state index contributed by atoms with van der Waals surface area (Å²) in [5.41, 5.74) is 3.48. The molecule has 0 amide bonds. The number of hydrogen-bond donors (Lipinski definition) is 2. The van der Waals surface area contributed by atoms with Gasteiger partial charge in [0.25, 0.3) is 0 Å². The third-order valence-electron chi connectivity index (χ3n) is 2.64. The highest BCUT2D eigenvalue weighted by atomic mass is 32.1. The van der Waals surface area contributed by atoms with E-state index < -0.39 is 0 Å². The molecule has 1 atom stereocenters. The Labute approximate surface area is 110 Å². The number of thiophene rings is 1. The molecule has 18 heavy (non-hydrogen) atoms. The lowest BCUT2D eigenvalue weighted by molar-refractivity contribution is 0.383. The molecule has 0 aliphatic carbocycles. The summed E-state index contributed by atoms with van der Waals surface area (Å²) in [6, 6.07) is 3.97. The molecule has 0 saturated carbocycles. The first-order valence-corrected chi connectivity index (χ1v) is 6.51. The van der Waals surface area contributed by atoms with Crippen molar-refractivity contribution in [2.45, 2.75) is 19.4 Å². The summed E-state index contributed by atoms with van der Waals surface area (Å²) in [6.07, 6.45) is 4.25. The molecule has 0 fully saturated rings. The van der Waals surface area contributed by atoms with E-state index in [1.54, 1.807) is 30.8 Å². The molecule has 2 rings (SSSR count). The molecular weight excluding hydrogens is 248 g/mol. The number of aromatic nitrogens is 2. The van der Waals surface area contributed by atoms with Gasteiger partial charge in [0.15, 0.2) is 0 Å². The molecule has 3 N–H and O–H groups in total. The molecule has 2 heterocycles. The molecule has 96 valence electrons. The number of nitrogens with two attached hydrogens (primary N) is 1. The first kappa shape index (κ1) is 12.9. The second kappa shape index (κ2) is 5.90. The van der Waals surface area contributed by atoms with Crippen molar-refractivity contribution in [3.05, 3.63) is 40.0 Å². The standard InChI is InChI=1S/C12H16N4OS/c1-3-8-4-5-9(18-8)10(16-13)11-12(17-2)15-7-6-14-11/h4-7,10,16H,3,13H2,1-2H3. The monoisotopic (exact) mass is 264 g/mol. The van der Waals surface area contributed by atoms with E-state index in [1.165, 1.54) is 4.88 Å². The number of aryl methyl sites for hydroxylation is 1. The Balaban J connectivity index is 2.38. The molecule has 1 unspecified atom stereocenters. The first-order chi connectivity index (χ1) is 8.80. The minimum Gasteiger partial charge on any atom is -0.480 e. The van der Waals surface area contributed by atoms with Crippen molar-refractivity contribution in [3.8, 4) is 5.88 Å². The molecule has 2 aromatic heterocycles. The Morgan fingerprint density at radius 1 is 1.39 bits per heavy atom. The lowest BCUT2D eigenvalue weighted by Gasteiger charge is -2.15. The number of nitrogens with zero attached hydrogens (tertiary/aromatic N) is 2. The molecular formula is C12H16N4OS. The fraction of sp³-hybridized carbons (Fsp3) is 0.333. The van der Waals surface area contributed by atoms with Gasteiger partial charge in [-0.1, -0.05) is 6.92 Å². The van der Waals surface area contributed by atoms with Crippen LogP contribution in [0.1, 0.15) is 28.4 Å². The van der Waals surface area contributed by atoms with Crippen LogP contribution in [0.2, 0.25) is 0 Å². The van der Waals surface area contributed by atoms with Gasteiger partial charge in [-0.15, -0.1) is 11.3 Å². The van der Waals surface area contributed by atoms with E-state index in [9.17, 15) is 0 Å². The van der Waals surface area contributed by atoms with Crippen LogP contribution in [0, 0.1) is 0 Å². The van der Waals surface area contributed by atoms with E-state index in [0.717, 1.165) is 11.3 Å². The number of hydrazine groups is 1. The number of hydrogen-bond acceptors (Lipinski definition) is 6. The number of methoxy groups -OCH3 is 1. The third kappa shape index (κ3) is 2.50. The molecule has 0 bridgehead atoms. The van der Waals surface area contributed by atoms with Crippen LogP contribution in [0.25, 0.3) is 0 Å². The Morgan fingerprint density at radius 3 is 2.78 bits per heavy atom. The van der Waals surface area contributed by atoms with Crippen LogP contribution >= 0.6 is 11.3 Å². The lowest BCUT2D eigenvalue weighted by atomic mass is 10.2. The third-order valence-corrected chi connectivity index (χ3v) is 3.93. The van der Waals surface area contributed by atoms with Crippen LogP contribution in [0.15, 0.2) is 24.5 Å². The fourth-order valence-corrected chi connectivity index (χ4v) is 2.74. The van der Waals surface area contributed by atoms with Gasteiger partial charge in [0.05, 0.1) is 7.11 Å². The van der Waals surface area contributed by atoms with Gasteiger partial charge in [-0.2, -0.15) is 0 Å². The van der Waals surface area contributed by atoms with Gasteiger partial charge in [0.1, 0.15) is 11.7 Å². The van der Waals surface area contributed by atoms with Crippen LogP contribution in [0.3, 0.4) is 0 Å².